The summed E-state index contributed by atoms with van der Waals surface area (Å²) >= 11 is 0. The molecular weight excluding hydrogens is 172 g/mol. The van der Waals surface area contributed by atoms with E-state index >= 15 is 0 Å². The van der Waals surface area contributed by atoms with Crippen LogP contribution in [0.2, 0.25) is 0 Å². The first-order valence-corrected chi connectivity index (χ1v) is 3.54. The lowest BCUT2D eigenvalue weighted by Gasteiger charge is -1.99. The van der Waals surface area contributed by atoms with Crippen LogP contribution >= 0.6 is 0 Å². The summed E-state index contributed by atoms with van der Waals surface area (Å²) in [7, 11) is 1.46. The Labute approximate surface area is 74.8 Å². The molecule has 0 amide bonds. The van der Waals surface area contributed by atoms with Crippen LogP contribution in [0.25, 0.3) is 6.08 Å². The van der Waals surface area contributed by atoms with Gasteiger partial charge in [-0.25, -0.2) is 4.98 Å². The molecule has 68 valence electrons. The van der Waals surface area contributed by atoms with Crippen molar-refractivity contribution >= 4 is 6.08 Å². The zero-order valence-electron chi connectivity index (χ0n) is 7.01. The Morgan fingerprint density at radius 2 is 2.46 bits per heavy atom. The molecule has 0 aromatic carbocycles. The third kappa shape index (κ3) is 2.55. The summed E-state index contributed by atoms with van der Waals surface area (Å²) in [5.41, 5.74) is 0.585. The monoisotopic (exact) mass is 180 g/mol. The maximum absolute atomic E-state index is 10.0. The Hall–Kier alpha value is -1.91. The Bertz CT molecular complexity index is 336. The Morgan fingerprint density at radius 3 is 3.08 bits per heavy atom. The molecule has 0 N–H and O–H groups in total. The lowest BCUT2D eigenvalue weighted by molar-refractivity contribution is -0.400. The van der Waals surface area contributed by atoms with Crippen molar-refractivity contribution in [2.45, 2.75) is 0 Å². The number of nitrogens with zero attached hydrogens (tertiary/aromatic N) is 2. The predicted molar refractivity (Wildman–Crippen MR) is 46.8 cm³/mol. The van der Waals surface area contributed by atoms with Crippen molar-refractivity contribution in [3.8, 4) is 5.88 Å². The molecule has 0 unspecified atom stereocenters. The molecule has 13 heavy (non-hydrogen) atoms. The Kier molecular flexibility index (Phi) is 2.97. The van der Waals surface area contributed by atoms with Crippen molar-refractivity contribution in [1.29, 1.82) is 0 Å². The molecule has 1 rings (SSSR count). The number of pyridine rings is 1. The van der Waals surface area contributed by atoms with Gasteiger partial charge in [-0.05, 0) is 12.1 Å². The zero-order chi connectivity index (χ0) is 9.68. The summed E-state index contributed by atoms with van der Waals surface area (Å²) in [6.07, 6.45) is 3.74. The van der Waals surface area contributed by atoms with E-state index in [2.05, 4.69) is 4.98 Å². The molecule has 0 saturated heterocycles. The highest BCUT2D eigenvalue weighted by atomic mass is 16.6. The van der Waals surface area contributed by atoms with Crippen LogP contribution < -0.4 is 4.74 Å². The van der Waals surface area contributed by atoms with E-state index in [-0.39, 0.29) is 0 Å². The van der Waals surface area contributed by atoms with Crippen LogP contribution in [-0.4, -0.2) is 17.0 Å². The van der Waals surface area contributed by atoms with Gasteiger partial charge >= 0.3 is 0 Å². The highest BCUT2D eigenvalue weighted by Crippen LogP contribution is 2.14. The molecule has 5 nitrogen and oxygen atoms in total. The minimum Gasteiger partial charge on any atom is -0.481 e. The number of aromatic nitrogens is 1. The molecule has 0 aliphatic heterocycles. The standard InChI is InChI=1S/C8H8N2O3/c1-13-8-7(3-2-5-9-8)4-6-10(11)12/h2-6H,1H3/b6-4+. The van der Waals surface area contributed by atoms with Gasteiger partial charge in [0, 0.05) is 17.8 Å². The number of hydrogen-bond acceptors (Lipinski definition) is 4. The van der Waals surface area contributed by atoms with Gasteiger partial charge in [0.2, 0.25) is 12.1 Å². The highest BCUT2D eigenvalue weighted by Gasteiger charge is 1.99. The molecule has 5 heteroatoms. The van der Waals surface area contributed by atoms with Crippen molar-refractivity contribution < 1.29 is 9.66 Å². The predicted octanol–water partition coefficient (Wildman–Crippen LogP) is 1.34. The van der Waals surface area contributed by atoms with Crippen LogP contribution in [0.5, 0.6) is 5.88 Å². The Morgan fingerprint density at radius 1 is 1.69 bits per heavy atom. The smallest absolute Gasteiger partial charge is 0.235 e. The van der Waals surface area contributed by atoms with E-state index in [1.165, 1.54) is 13.2 Å². The van der Waals surface area contributed by atoms with Gasteiger partial charge in [0.15, 0.2) is 0 Å². The number of nitro groups is 1. The SMILES string of the molecule is COc1ncccc1/C=C/[N+](=O)[O-]. The van der Waals surface area contributed by atoms with Gasteiger partial charge in [0.1, 0.15) is 0 Å². The molecule has 0 fully saturated rings. The van der Waals surface area contributed by atoms with E-state index in [9.17, 15) is 10.1 Å². The highest BCUT2D eigenvalue weighted by molar-refractivity contribution is 5.53. The molecule has 0 radical (unpaired) electrons. The fraction of sp³-hybridized carbons (Fsp3) is 0.125. The zero-order valence-corrected chi connectivity index (χ0v) is 7.01. The first kappa shape index (κ1) is 9.18. The second-order valence-electron chi connectivity index (χ2n) is 2.20. The molecule has 0 atom stereocenters. The van der Waals surface area contributed by atoms with E-state index in [4.69, 9.17) is 4.74 Å². The molecule has 1 aromatic rings. The van der Waals surface area contributed by atoms with Crippen molar-refractivity contribution in [3.63, 3.8) is 0 Å². The summed E-state index contributed by atoms with van der Waals surface area (Å²) in [6.45, 7) is 0. The summed E-state index contributed by atoms with van der Waals surface area (Å²) in [5.74, 6) is 0.376. The second-order valence-corrected chi connectivity index (χ2v) is 2.20. The lowest BCUT2D eigenvalue weighted by Crippen LogP contribution is -1.90. The summed E-state index contributed by atoms with van der Waals surface area (Å²) in [4.78, 5) is 13.4. The van der Waals surface area contributed by atoms with Crippen LogP contribution in [0.15, 0.2) is 24.5 Å². The number of methoxy groups -OCH3 is 1. The number of rotatable bonds is 3. The summed E-state index contributed by atoms with van der Waals surface area (Å²) in [6, 6.07) is 3.37. The van der Waals surface area contributed by atoms with Crippen LogP contribution in [-0.2, 0) is 0 Å². The van der Waals surface area contributed by atoms with Crippen molar-refractivity contribution in [2.24, 2.45) is 0 Å². The average molecular weight is 180 g/mol. The fourth-order valence-electron chi connectivity index (χ4n) is 0.842. The van der Waals surface area contributed by atoms with E-state index in [0.717, 1.165) is 6.20 Å². The summed E-state index contributed by atoms with van der Waals surface area (Å²) in [5, 5.41) is 10.0. The maximum atomic E-state index is 10.0. The molecule has 1 aromatic heterocycles. The van der Waals surface area contributed by atoms with Crippen molar-refractivity contribution in [2.75, 3.05) is 7.11 Å². The largest absolute Gasteiger partial charge is 0.481 e. The molecule has 0 spiro atoms. The average Bonchev–Trinajstić information content (AvgIpc) is 2.15. The lowest BCUT2D eigenvalue weighted by atomic mass is 10.2. The third-order valence-corrected chi connectivity index (χ3v) is 1.37. The molecule has 0 aliphatic rings. The number of ether oxygens (including phenoxy) is 1. The molecule has 0 saturated carbocycles. The molecule has 0 aliphatic carbocycles. The van der Waals surface area contributed by atoms with E-state index < -0.39 is 4.92 Å². The second kappa shape index (κ2) is 4.20. The van der Waals surface area contributed by atoms with Gasteiger partial charge in [-0.15, -0.1) is 0 Å². The first-order valence-electron chi connectivity index (χ1n) is 3.54. The van der Waals surface area contributed by atoms with E-state index in [0.29, 0.717) is 11.4 Å². The van der Waals surface area contributed by atoms with Gasteiger partial charge in [-0.2, -0.15) is 0 Å². The van der Waals surface area contributed by atoms with Gasteiger partial charge in [0.05, 0.1) is 12.0 Å². The van der Waals surface area contributed by atoms with Gasteiger partial charge < -0.3 is 4.74 Å². The van der Waals surface area contributed by atoms with Crippen LogP contribution in [0.3, 0.4) is 0 Å². The van der Waals surface area contributed by atoms with Crippen molar-refractivity contribution in [1.82, 2.24) is 4.98 Å². The van der Waals surface area contributed by atoms with E-state index in [1.807, 2.05) is 0 Å². The van der Waals surface area contributed by atoms with Crippen LogP contribution in [0.1, 0.15) is 5.56 Å². The normalized spacial score (nSPS) is 10.2. The van der Waals surface area contributed by atoms with Crippen LogP contribution in [0, 0.1) is 10.1 Å². The fourth-order valence-corrected chi connectivity index (χ4v) is 0.842. The minimum atomic E-state index is -0.535. The maximum Gasteiger partial charge on any atom is 0.235 e. The quantitative estimate of drug-likeness (QED) is 0.520. The van der Waals surface area contributed by atoms with Crippen LogP contribution in [0.4, 0.5) is 0 Å². The third-order valence-electron chi connectivity index (χ3n) is 1.37. The first-order chi connectivity index (χ1) is 6.24. The Balaban J connectivity index is 2.93. The van der Waals surface area contributed by atoms with Gasteiger partial charge in [0.25, 0.3) is 0 Å². The molecule has 0 bridgehead atoms. The van der Waals surface area contributed by atoms with Gasteiger partial charge in [-0.1, -0.05) is 0 Å². The molecule has 1 heterocycles. The molecular formula is C8H8N2O3. The minimum absolute atomic E-state index is 0.376. The van der Waals surface area contributed by atoms with Gasteiger partial charge in [-0.3, -0.25) is 10.1 Å². The van der Waals surface area contributed by atoms with E-state index in [1.54, 1.807) is 18.3 Å². The summed E-state index contributed by atoms with van der Waals surface area (Å²) < 4.78 is 4.89. The van der Waals surface area contributed by atoms with Crippen molar-refractivity contribution in [3.05, 3.63) is 40.2 Å². The number of hydrogen-bond donors (Lipinski definition) is 0. The topological polar surface area (TPSA) is 65.3 Å².